The Labute approximate surface area is 101 Å². The van der Waals surface area contributed by atoms with Crippen LogP contribution in [0.4, 0.5) is 5.69 Å². The van der Waals surface area contributed by atoms with Gasteiger partial charge in [0, 0.05) is 21.1 Å². The summed E-state index contributed by atoms with van der Waals surface area (Å²) in [6, 6.07) is 0. The van der Waals surface area contributed by atoms with Crippen molar-refractivity contribution in [1.82, 2.24) is 14.7 Å². The van der Waals surface area contributed by atoms with Crippen molar-refractivity contribution in [2.75, 3.05) is 26.0 Å². The van der Waals surface area contributed by atoms with E-state index in [1.54, 1.807) is 21.1 Å². The number of amides is 1. The molecule has 88 valence electrons. The van der Waals surface area contributed by atoms with E-state index >= 15 is 0 Å². The number of carbonyl (C=O) groups is 1. The third-order valence-electron chi connectivity index (χ3n) is 2.01. The highest BCUT2D eigenvalue weighted by Crippen LogP contribution is 2.15. The molecule has 0 saturated heterocycles. The number of aromatic nitrogens is 2. The molecule has 1 N–H and O–H groups in total. The number of anilines is 1. The van der Waals surface area contributed by atoms with Crippen LogP contribution in [0, 0.1) is 0 Å². The van der Waals surface area contributed by atoms with Gasteiger partial charge in [-0.25, -0.2) is 4.68 Å². The van der Waals surface area contributed by atoms with Gasteiger partial charge in [0.25, 0.3) is 5.56 Å². The highest BCUT2D eigenvalue weighted by atomic mass is 79.9. The molecule has 1 aromatic heterocycles. The fourth-order valence-electron chi connectivity index (χ4n) is 0.963. The number of hydrogen-bond donors (Lipinski definition) is 1. The second kappa shape index (κ2) is 5.11. The second-order valence-corrected chi connectivity index (χ2v) is 4.24. The standard InChI is InChI=1S/C9H13BrN4O2/c1-13(2)7(15)5-11-6-4-12-14(3)9(16)8(6)10/h4,11H,5H2,1-3H3. The van der Waals surface area contributed by atoms with E-state index in [0.717, 1.165) is 0 Å². The molecule has 16 heavy (non-hydrogen) atoms. The first-order valence-corrected chi connectivity index (χ1v) is 5.38. The number of carbonyl (C=O) groups excluding carboxylic acids is 1. The smallest absolute Gasteiger partial charge is 0.282 e. The van der Waals surface area contributed by atoms with Crippen LogP contribution in [0.5, 0.6) is 0 Å². The first-order chi connectivity index (χ1) is 7.43. The average Bonchev–Trinajstić information content (AvgIpc) is 2.24. The maximum absolute atomic E-state index is 11.5. The van der Waals surface area contributed by atoms with Crippen molar-refractivity contribution < 1.29 is 4.79 Å². The monoisotopic (exact) mass is 288 g/mol. The molecular formula is C9H13BrN4O2. The summed E-state index contributed by atoms with van der Waals surface area (Å²) in [5.41, 5.74) is 0.264. The van der Waals surface area contributed by atoms with Crippen LogP contribution in [-0.4, -0.2) is 41.2 Å². The van der Waals surface area contributed by atoms with Crippen LogP contribution in [0.25, 0.3) is 0 Å². The van der Waals surface area contributed by atoms with E-state index in [1.165, 1.54) is 15.8 Å². The lowest BCUT2D eigenvalue weighted by Crippen LogP contribution is -2.29. The molecule has 1 aromatic rings. The number of halogens is 1. The second-order valence-electron chi connectivity index (χ2n) is 3.44. The van der Waals surface area contributed by atoms with Gasteiger partial charge in [0.2, 0.25) is 5.91 Å². The van der Waals surface area contributed by atoms with Crippen molar-refractivity contribution in [3.8, 4) is 0 Å². The highest BCUT2D eigenvalue weighted by Gasteiger charge is 2.08. The highest BCUT2D eigenvalue weighted by molar-refractivity contribution is 9.10. The normalized spacial score (nSPS) is 10.0. The molecule has 0 unspecified atom stereocenters. The summed E-state index contributed by atoms with van der Waals surface area (Å²) in [6.07, 6.45) is 1.49. The molecule has 0 saturated carbocycles. The molecule has 0 aliphatic heterocycles. The van der Waals surface area contributed by atoms with Crippen molar-refractivity contribution in [2.45, 2.75) is 0 Å². The summed E-state index contributed by atoms with van der Waals surface area (Å²) in [7, 11) is 4.89. The van der Waals surface area contributed by atoms with Gasteiger partial charge in [-0.15, -0.1) is 0 Å². The Bertz CT molecular complexity index is 455. The number of nitrogens with zero attached hydrogens (tertiary/aromatic N) is 3. The summed E-state index contributed by atoms with van der Waals surface area (Å²) < 4.78 is 1.58. The quantitative estimate of drug-likeness (QED) is 0.853. The Morgan fingerprint density at radius 1 is 1.62 bits per heavy atom. The lowest BCUT2D eigenvalue weighted by atomic mass is 10.4. The Kier molecular flexibility index (Phi) is 4.05. The summed E-state index contributed by atoms with van der Waals surface area (Å²) >= 11 is 3.16. The van der Waals surface area contributed by atoms with Gasteiger partial charge in [0.15, 0.2) is 0 Å². The zero-order valence-corrected chi connectivity index (χ0v) is 10.9. The lowest BCUT2D eigenvalue weighted by molar-refractivity contribution is -0.126. The van der Waals surface area contributed by atoms with E-state index < -0.39 is 0 Å². The minimum absolute atomic E-state index is 0.0763. The number of likely N-dealkylation sites (N-methyl/N-ethyl adjacent to an activating group) is 1. The Morgan fingerprint density at radius 3 is 2.81 bits per heavy atom. The molecule has 6 nitrogen and oxygen atoms in total. The van der Waals surface area contributed by atoms with E-state index in [0.29, 0.717) is 10.2 Å². The van der Waals surface area contributed by atoms with Crippen LogP contribution >= 0.6 is 15.9 Å². The molecule has 1 rings (SSSR count). The molecule has 0 aliphatic carbocycles. The molecule has 0 atom stereocenters. The fraction of sp³-hybridized carbons (Fsp3) is 0.444. The first-order valence-electron chi connectivity index (χ1n) is 4.59. The SMILES string of the molecule is CN(C)C(=O)CNc1cnn(C)c(=O)c1Br. The number of hydrogen-bond acceptors (Lipinski definition) is 4. The Balaban J connectivity index is 2.80. The number of rotatable bonds is 3. The maximum atomic E-state index is 11.5. The van der Waals surface area contributed by atoms with Crippen molar-refractivity contribution in [1.29, 1.82) is 0 Å². The van der Waals surface area contributed by atoms with Gasteiger partial charge in [-0.05, 0) is 15.9 Å². The Hall–Kier alpha value is -1.37. The van der Waals surface area contributed by atoms with Crippen LogP contribution in [0.1, 0.15) is 0 Å². The van der Waals surface area contributed by atoms with Crippen LogP contribution in [0.2, 0.25) is 0 Å². The number of aryl methyl sites for hydroxylation is 1. The average molecular weight is 289 g/mol. The van der Waals surface area contributed by atoms with Gasteiger partial charge in [0.05, 0.1) is 18.4 Å². The maximum Gasteiger partial charge on any atom is 0.282 e. The molecule has 0 bridgehead atoms. The van der Waals surface area contributed by atoms with E-state index in [4.69, 9.17) is 0 Å². The topological polar surface area (TPSA) is 67.2 Å². The molecule has 0 radical (unpaired) electrons. The van der Waals surface area contributed by atoms with Crippen LogP contribution in [0.3, 0.4) is 0 Å². The van der Waals surface area contributed by atoms with Gasteiger partial charge >= 0.3 is 0 Å². The van der Waals surface area contributed by atoms with Crippen LogP contribution in [-0.2, 0) is 11.8 Å². The van der Waals surface area contributed by atoms with Gasteiger partial charge in [0.1, 0.15) is 4.47 Å². The lowest BCUT2D eigenvalue weighted by Gasteiger charge is -2.12. The van der Waals surface area contributed by atoms with Crippen LogP contribution in [0.15, 0.2) is 15.5 Å². The largest absolute Gasteiger partial charge is 0.374 e. The molecule has 0 spiro atoms. The van der Waals surface area contributed by atoms with Gasteiger partial charge in [-0.3, -0.25) is 9.59 Å². The van der Waals surface area contributed by atoms with Crippen molar-refractivity contribution in [2.24, 2.45) is 7.05 Å². The molecule has 0 aromatic carbocycles. The molecule has 1 amide bonds. The van der Waals surface area contributed by atoms with Gasteiger partial charge in [-0.1, -0.05) is 0 Å². The minimum atomic E-state index is -0.248. The van der Waals surface area contributed by atoms with E-state index in [1.807, 2.05) is 0 Å². The third-order valence-corrected chi connectivity index (χ3v) is 2.77. The molecular weight excluding hydrogens is 276 g/mol. The van der Waals surface area contributed by atoms with E-state index in [-0.39, 0.29) is 18.0 Å². The zero-order valence-electron chi connectivity index (χ0n) is 9.32. The Morgan fingerprint density at radius 2 is 2.25 bits per heavy atom. The van der Waals surface area contributed by atoms with Crippen LogP contribution < -0.4 is 10.9 Å². The van der Waals surface area contributed by atoms with Crippen molar-refractivity contribution in [3.05, 3.63) is 21.0 Å². The first kappa shape index (κ1) is 12.7. The summed E-state index contributed by atoms with van der Waals surface area (Å²) in [6.45, 7) is 0.125. The molecule has 0 fully saturated rings. The zero-order chi connectivity index (χ0) is 12.3. The molecule has 1 heterocycles. The predicted octanol–water partition coefficient (Wildman–Crippen LogP) is 0.0429. The van der Waals surface area contributed by atoms with Crippen molar-refractivity contribution in [3.63, 3.8) is 0 Å². The molecule has 7 heteroatoms. The fourth-order valence-corrected chi connectivity index (χ4v) is 1.46. The van der Waals surface area contributed by atoms with E-state index in [9.17, 15) is 9.59 Å². The summed E-state index contributed by atoms with van der Waals surface area (Å²) in [4.78, 5) is 24.3. The summed E-state index contributed by atoms with van der Waals surface area (Å²) in [5, 5.41) is 6.70. The van der Waals surface area contributed by atoms with E-state index in [2.05, 4.69) is 26.3 Å². The minimum Gasteiger partial charge on any atom is -0.374 e. The van der Waals surface area contributed by atoms with Gasteiger partial charge in [-0.2, -0.15) is 5.10 Å². The van der Waals surface area contributed by atoms with Crippen molar-refractivity contribution >= 4 is 27.5 Å². The molecule has 0 aliphatic rings. The third kappa shape index (κ3) is 2.82. The summed E-state index contributed by atoms with van der Waals surface area (Å²) in [5.74, 6) is -0.0763. The van der Waals surface area contributed by atoms with Gasteiger partial charge < -0.3 is 10.2 Å². The predicted molar refractivity (Wildman–Crippen MR) is 64.4 cm³/mol. The number of nitrogens with one attached hydrogen (secondary N) is 1.